The summed E-state index contributed by atoms with van der Waals surface area (Å²) in [5, 5.41) is 0. The van der Waals surface area contributed by atoms with E-state index in [1.54, 1.807) is 0 Å². The first kappa shape index (κ1) is 10.3. The van der Waals surface area contributed by atoms with E-state index in [9.17, 15) is 0 Å². The lowest BCUT2D eigenvalue weighted by molar-refractivity contribution is 0.0851. The van der Waals surface area contributed by atoms with Crippen molar-refractivity contribution >= 4 is 0 Å². The van der Waals surface area contributed by atoms with Gasteiger partial charge in [0.05, 0.1) is 12.2 Å². The van der Waals surface area contributed by atoms with Gasteiger partial charge >= 0.3 is 0 Å². The van der Waals surface area contributed by atoms with Gasteiger partial charge in [0.25, 0.3) is 0 Å². The minimum Gasteiger partial charge on any atom is -0.374 e. The molecule has 2 N–H and O–H groups in total. The molecule has 0 amide bonds. The first-order valence-corrected chi connectivity index (χ1v) is 6.26. The number of fused-ring (bicyclic) bond motifs is 2. The lowest BCUT2D eigenvalue weighted by Crippen LogP contribution is -2.29. The van der Waals surface area contributed by atoms with Crippen molar-refractivity contribution in [3.05, 3.63) is 35.9 Å². The van der Waals surface area contributed by atoms with Crippen LogP contribution in [0.5, 0.6) is 0 Å². The van der Waals surface area contributed by atoms with Crippen molar-refractivity contribution in [1.29, 1.82) is 0 Å². The predicted molar refractivity (Wildman–Crippen MR) is 64.1 cm³/mol. The predicted octanol–water partition coefficient (Wildman–Crippen LogP) is 1.98. The fourth-order valence-corrected chi connectivity index (χ4v) is 3.22. The molecule has 0 radical (unpaired) electrons. The van der Waals surface area contributed by atoms with Gasteiger partial charge < -0.3 is 10.5 Å². The molecule has 4 atom stereocenters. The highest BCUT2D eigenvalue weighted by Crippen LogP contribution is 2.43. The third kappa shape index (κ3) is 1.76. The molecule has 1 aromatic rings. The molecule has 2 heteroatoms. The van der Waals surface area contributed by atoms with Gasteiger partial charge in [-0.25, -0.2) is 0 Å². The lowest BCUT2D eigenvalue weighted by Gasteiger charge is -2.23. The van der Waals surface area contributed by atoms with Crippen LogP contribution >= 0.6 is 0 Å². The highest BCUT2D eigenvalue weighted by atomic mass is 16.5. The molecule has 2 heterocycles. The van der Waals surface area contributed by atoms with Crippen molar-refractivity contribution in [2.24, 2.45) is 17.6 Å². The van der Waals surface area contributed by atoms with Crippen molar-refractivity contribution in [3.8, 4) is 0 Å². The first-order valence-electron chi connectivity index (χ1n) is 6.26. The maximum atomic E-state index is 5.98. The van der Waals surface area contributed by atoms with E-state index < -0.39 is 0 Å². The van der Waals surface area contributed by atoms with Gasteiger partial charge in [-0.3, -0.25) is 0 Å². The SMILES string of the molecule is NC[C@H]1C[C@@H]2O[C@H]1C[C@@H]2Cc1ccccc1. The van der Waals surface area contributed by atoms with Crippen LogP contribution in [-0.4, -0.2) is 18.8 Å². The van der Waals surface area contributed by atoms with Crippen molar-refractivity contribution < 1.29 is 4.74 Å². The van der Waals surface area contributed by atoms with Gasteiger partial charge in [-0.2, -0.15) is 0 Å². The highest BCUT2D eigenvalue weighted by molar-refractivity contribution is 5.16. The van der Waals surface area contributed by atoms with E-state index in [4.69, 9.17) is 10.5 Å². The van der Waals surface area contributed by atoms with E-state index >= 15 is 0 Å². The topological polar surface area (TPSA) is 35.2 Å². The Labute approximate surface area is 96.8 Å². The Bertz CT molecular complexity index is 351. The third-order valence-corrected chi connectivity index (χ3v) is 4.11. The van der Waals surface area contributed by atoms with Gasteiger partial charge in [-0.05, 0) is 43.2 Å². The fourth-order valence-electron chi connectivity index (χ4n) is 3.22. The highest BCUT2D eigenvalue weighted by Gasteiger charge is 2.46. The molecular formula is C14H19NO. The second kappa shape index (κ2) is 4.19. The molecule has 0 spiro atoms. The van der Waals surface area contributed by atoms with Gasteiger partial charge in [0.1, 0.15) is 0 Å². The monoisotopic (exact) mass is 217 g/mol. The Morgan fingerprint density at radius 1 is 1.06 bits per heavy atom. The smallest absolute Gasteiger partial charge is 0.0623 e. The number of nitrogens with two attached hydrogens (primary N) is 1. The van der Waals surface area contributed by atoms with Gasteiger partial charge in [0.15, 0.2) is 0 Å². The van der Waals surface area contributed by atoms with Crippen LogP contribution in [0.25, 0.3) is 0 Å². The summed E-state index contributed by atoms with van der Waals surface area (Å²) < 4.78 is 5.98. The zero-order valence-corrected chi connectivity index (χ0v) is 9.51. The van der Waals surface area contributed by atoms with Gasteiger partial charge in [-0.15, -0.1) is 0 Å². The van der Waals surface area contributed by atoms with Crippen LogP contribution in [0.2, 0.25) is 0 Å². The van der Waals surface area contributed by atoms with Crippen molar-refractivity contribution in [2.75, 3.05) is 6.54 Å². The zero-order chi connectivity index (χ0) is 11.0. The number of ether oxygens (including phenoxy) is 1. The molecule has 2 fully saturated rings. The molecule has 0 unspecified atom stereocenters. The van der Waals surface area contributed by atoms with E-state index in [1.807, 2.05) is 0 Å². The Kier molecular flexibility index (Phi) is 2.70. The summed E-state index contributed by atoms with van der Waals surface area (Å²) >= 11 is 0. The standard InChI is InChI=1S/C14H19NO/c15-9-12-8-13-11(7-14(12)16-13)6-10-4-2-1-3-5-10/h1-5,11-14H,6-9,15H2/t11-,12+,13-,14-/m0/s1. The average molecular weight is 217 g/mol. The Morgan fingerprint density at radius 2 is 1.75 bits per heavy atom. The Morgan fingerprint density at radius 3 is 2.38 bits per heavy atom. The number of benzene rings is 1. The Balaban J connectivity index is 1.64. The molecule has 0 saturated carbocycles. The molecular weight excluding hydrogens is 198 g/mol. The van der Waals surface area contributed by atoms with E-state index in [1.165, 1.54) is 24.8 Å². The normalized spacial score (nSPS) is 36.8. The van der Waals surface area contributed by atoms with Crippen LogP contribution in [0.3, 0.4) is 0 Å². The molecule has 16 heavy (non-hydrogen) atoms. The molecule has 0 aliphatic carbocycles. The van der Waals surface area contributed by atoms with Gasteiger partial charge in [-0.1, -0.05) is 30.3 Å². The molecule has 1 aromatic carbocycles. The fraction of sp³-hybridized carbons (Fsp3) is 0.571. The molecule has 2 bridgehead atoms. The van der Waals surface area contributed by atoms with Crippen LogP contribution in [-0.2, 0) is 11.2 Å². The molecule has 2 aliphatic heterocycles. The van der Waals surface area contributed by atoms with E-state index in [0.717, 1.165) is 12.5 Å². The second-order valence-corrected chi connectivity index (χ2v) is 5.13. The minimum absolute atomic E-state index is 0.448. The maximum absolute atomic E-state index is 5.98. The lowest BCUT2D eigenvalue weighted by atomic mass is 9.79. The van der Waals surface area contributed by atoms with Crippen LogP contribution in [0.15, 0.2) is 30.3 Å². The maximum Gasteiger partial charge on any atom is 0.0623 e. The van der Waals surface area contributed by atoms with Crippen LogP contribution < -0.4 is 5.73 Å². The summed E-state index contributed by atoms with van der Waals surface area (Å²) in [6.07, 6.45) is 4.47. The number of hydrogen-bond acceptors (Lipinski definition) is 2. The second-order valence-electron chi connectivity index (χ2n) is 5.13. The van der Waals surface area contributed by atoms with E-state index in [0.29, 0.717) is 18.1 Å². The Hall–Kier alpha value is -0.860. The summed E-state index contributed by atoms with van der Waals surface area (Å²) in [4.78, 5) is 0. The van der Waals surface area contributed by atoms with Crippen molar-refractivity contribution in [1.82, 2.24) is 0 Å². The zero-order valence-electron chi connectivity index (χ0n) is 9.51. The number of hydrogen-bond donors (Lipinski definition) is 1. The average Bonchev–Trinajstić information content (AvgIpc) is 2.89. The first-order chi connectivity index (χ1) is 7.86. The summed E-state index contributed by atoms with van der Waals surface area (Å²) in [5.74, 6) is 1.34. The minimum atomic E-state index is 0.448. The molecule has 2 aliphatic rings. The van der Waals surface area contributed by atoms with Crippen LogP contribution in [0, 0.1) is 11.8 Å². The molecule has 3 rings (SSSR count). The van der Waals surface area contributed by atoms with Gasteiger partial charge in [0, 0.05) is 0 Å². The summed E-state index contributed by atoms with van der Waals surface area (Å²) in [6, 6.07) is 10.7. The summed E-state index contributed by atoms with van der Waals surface area (Å²) in [7, 11) is 0. The van der Waals surface area contributed by atoms with E-state index in [2.05, 4.69) is 30.3 Å². The van der Waals surface area contributed by atoms with Gasteiger partial charge in [0.2, 0.25) is 0 Å². The van der Waals surface area contributed by atoms with Crippen molar-refractivity contribution in [2.45, 2.75) is 31.5 Å². The molecule has 2 saturated heterocycles. The van der Waals surface area contributed by atoms with Crippen molar-refractivity contribution in [3.63, 3.8) is 0 Å². The van der Waals surface area contributed by atoms with E-state index in [-0.39, 0.29) is 0 Å². The quantitative estimate of drug-likeness (QED) is 0.840. The third-order valence-electron chi connectivity index (χ3n) is 4.11. The van der Waals surface area contributed by atoms with Crippen LogP contribution in [0.4, 0.5) is 0 Å². The summed E-state index contributed by atoms with van der Waals surface area (Å²) in [5.41, 5.74) is 7.18. The summed E-state index contributed by atoms with van der Waals surface area (Å²) in [6.45, 7) is 0.791. The molecule has 2 nitrogen and oxygen atoms in total. The van der Waals surface area contributed by atoms with Crippen LogP contribution in [0.1, 0.15) is 18.4 Å². The molecule has 0 aromatic heterocycles. The molecule has 86 valence electrons. The largest absolute Gasteiger partial charge is 0.374 e. The number of rotatable bonds is 3.